The smallest absolute Gasteiger partial charge is 0.203 e. The first-order valence-electron chi connectivity index (χ1n) is 10.7. The molecule has 0 spiro atoms. The van der Waals surface area contributed by atoms with Crippen molar-refractivity contribution in [2.75, 3.05) is 26.3 Å². The number of fused-ring (bicyclic) bond motifs is 1. The van der Waals surface area contributed by atoms with Crippen LogP contribution in [0.5, 0.6) is 17.2 Å². The molecular formula is C26H25N3O3S. The van der Waals surface area contributed by atoms with Crippen molar-refractivity contribution in [3.8, 4) is 27.8 Å². The van der Waals surface area contributed by atoms with Crippen LogP contribution in [0.25, 0.3) is 20.8 Å². The van der Waals surface area contributed by atoms with Crippen molar-refractivity contribution in [1.82, 2.24) is 4.98 Å². The number of aryl methyl sites for hydroxylation is 1. The van der Waals surface area contributed by atoms with Crippen molar-refractivity contribution in [2.24, 2.45) is 5.10 Å². The highest BCUT2D eigenvalue weighted by atomic mass is 32.1. The number of nitrogens with zero attached hydrogens (tertiary/aromatic N) is 3. The highest BCUT2D eigenvalue weighted by Crippen LogP contribution is 2.43. The Morgan fingerprint density at radius 2 is 1.64 bits per heavy atom. The zero-order valence-corrected chi connectivity index (χ0v) is 19.8. The van der Waals surface area contributed by atoms with E-state index in [9.17, 15) is 0 Å². The van der Waals surface area contributed by atoms with Gasteiger partial charge in [0.2, 0.25) is 5.75 Å². The molecule has 168 valence electrons. The van der Waals surface area contributed by atoms with Crippen LogP contribution in [-0.2, 0) is 0 Å². The molecule has 2 heterocycles. The molecule has 1 aromatic heterocycles. The Morgan fingerprint density at radius 1 is 0.909 bits per heavy atom. The Hall–Kier alpha value is -3.58. The molecule has 1 atom stereocenters. The lowest BCUT2D eigenvalue weighted by molar-refractivity contribution is 0.323. The van der Waals surface area contributed by atoms with E-state index < -0.39 is 0 Å². The van der Waals surface area contributed by atoms with Gasteiger partial charge in [-0.3, -0.25) is 5.01 Å². The second-order valence-corrected chi connectivity index (χ2v) is 8.92. The SMILES string of the molecule is COc1cc(C2CC=NN2c2ccc(-c3nc4ccc(C)cc4s3)cc2)cc(OC)c1OC. The first-order valence-corrected chi connectivity index (χ1v) is 11.5. The van der Waals surface area contributed by atoms with E-state index in [0.29, 0.717) is 17.2 Å². The third kappa shape index (κ3) is 3.89. The molecule has 0 bridgehead atoms. The summed E-state index contributed by atoms with van der Waals surface area (Å²) < 4.78 is 17.8. The third-order valence-electron chi connectivity index (χ3n) is 5.82. The van der Waals surface area contributed by atoms with E-state index in [2.05, 4.69) is 54.5 Å². The van der Waals surface area contributed by atoms with Crippen LogP contribution < -0.4 is 19.2 Å². The predicted molar refractivity (Wildman–Crippen MR) is 134 cm³/mol. The Morgan fingerprint density at radius 3 is 2.30 bits per heavy atom. The van der Waals surface area contributed by atoms with Gasteiger partial charge in [0, 0.05) is 18.2 Å². The van der Waals surface area contributed by atoms with E-state index in [0.717, 1.165) is 33.8 Å². The molecule has 0 radical (unpaired) electrons. The summed E-state index contributed by atoms with van der Waals surface area (Å²) in [6.07, 6.45) is 2.73. The minimum absolute atomic E-state index is 0.0370. The van der Waals surface area contributed by atoms with E-state index in [1.54, 1.807) is 32.7 Å². The van der Waals surface area contributed by atoms with Gasteiger partial charge in [0.05, 0.1) is 43.3 Å². The number of anilines is 1. The maximum atomic E-state index is 5.55. The fraction of sp³-hybridized carbons (Fsp3) is 0.231. The second-order valence-electron chi connectivity index (χ2n) is 7.89. The van der Waals surface area contributed by atoms with Crippen LogP contribution in [0.2, 0.25) is 0 Å². The summed E-state index contributed by atoms with van der Waals surface area (Å²) in [7, 11) is 4.87. The molecule has 6 nitrogen and oxygen atoms in total. The van der Waals surface area contributed by atoms with E-state index >= 15 is 0 Å². The largest absolute Gasteiger partial charge is 0.493 e. The summed E-state index contributed by atoms with van der Waals surface area (Å²) >= 11 is 1.72. The van der Waals surface area contributed by atoms with Crippen molar-refractivity contribution in [2.45, 2.75) is 19.4 Å². The maximum absolute atomic E-state index is 5.55. The third-order valence-corrected chi connectivity index (χ3v) is 6.89. The van der Waals surface area contributed by atoms with Gasteiger partial charge in [0.15, 0.2) is 11.5 Å². The summed E-state index contributed by atoms with van der Waals surface area (Å²) in [5.41, 5.74) is 5.45. The van der Waals surface area contributed by atoms with Crippen LogP contribution in [0.15, 0.2) is 59.7 Å². The summed E-state index contributed by atoms with van der Waals surface area (Å²) in [6, 6.07) is 18.8. The van der Waals surface area contributed by atoms with Crippen molar-refractivity contribution in [3.63, 3.8) is 0 Å². The van der Waals surface area contributed by atoms with Gasteiger partial charge < -0.3 is 14.2 Å². The van der Waals surface area contributed by atoms with Gasteiger partial charge in [-0.15, -0.1) is 11.3 Å². The lowest BCUT2D eigenvalue weighted by Gasteiger charge is -2.25. The molecule has 0 aliphatic carbocycles. The van der Waals surface area contributed by atoms with Crippen LogP contribution in [0, 0.1) is 6.92 Å². The lowest BCUT2D eigenvalue weighted by atomic mass is 10.0. The zero-order chi connectivity index (χ0) is 22.9. The Labute approximate surface area is 197 Å². The Balaban J connectivity index is 1.45. The summed E-state index contributed by atoms with van der Waals surface area (Å²) in [5.74, 6) is 1.87. The summed E-state index contributed by atoms with van der Waals surface area (Å²) in [5, 5.41) is 7.70. The molecule has 1 aliphatic heterocycles. The fourth-order valence-electron chi connectivity index (χ4n) is 4.14. The minimum Gasteiger partial charge on any atom is -0.493 e. The molecule has 0 amide bonds. The van der Waals surface area contributed by atoms with Crippen LogP contribution in [-0.4, -0.2) is 32.5 Å². The first-order chi connectivity index (χ1) is 16.1. The molecule has 1 aliphatic rings. The molecule has 0 saturated carbocycles. The molecule has 0 fully saturated rings. The number of aromatic nitrogens is 1. The molecule has 0 saturated heterocycles. The van der Waals surface area contributed by atoms with Gasteiger partial charge in [0.1, 0.15) is 5.01 Å². The summed E-state index contributed by atoms with van der Waals surface area (Å²) in [6.45, 7) is 2.11. The predicted octanol–water partition coefficient (Wildman–Crippen LogP) is 6.23. The quantitative estimate of drug-likeness (QED) is 0.342. The van der Waals surface area contributed by atoms with E-state index in [4.69, 9.17) is 19.2 Å². The molecule has 7 heteroatoms. The van der Waals surface area contributed by atoms with Crippen molar-refractivity contribution >= 4 is 33.5 Å². The van der Waals surface area contributed by atoms with E-state index in [1.807, 2.05) is 23.4 Å². The van der Waals surface area contributed by atoms with E-state index in [-0.39, 0.29) is 6.04 Å². The van der Waals surface area contributed by atoms with Gasteiger partial charge in [-0.05, 0) is 66.6 Å². The van der Waals surface area contributed by atoms with Crippen molar-refractivity contribution in [3.05, 3.63) is 65.7 Å². The molecule has 3 aromatic carbocycles. The molecular weight excluding hydrogens is 434 g/mol. The molecule has 5 rings (SSSR count). The van der Waals surface area contributed by atoms with Crippen LogP contribution in [0.4, 0.5) is 5.69 Å². The fourth-order valence-corrected chi connectivity index (χ4v) is 5.21. The summed E-state index contributed by atoms with van der Waals surface area (Å²) in [4.78, 5) is 4.80. The highest BCUT2D eigenvalue weighted by molar-refractivity contribution is 7.21. The molecule has 33 heavy (non-hydrogen) atoms. The number of benzene rings is 3. The molecule has 1 unspecified atom stereocenters. The van der Waals surface area contributed by atoms with Gasteiger partial charge in [-0.2, -0.15) is 5.10 Å². The maximum Gasteiger partial charge on any atom is 0.203 e. The number of hydrogen-bond donors (Lipinski definition) is 0. The minimum atomic E-state index is 0.0370. The van der Waals surface area contributed by atoms with Crippen molar-refractivity contribution in [1.29, 1.82) is 0 Å². The van der Waals surface area contributed by atoms with Crippen LogP contribution >= 0.6 is 11.3 Å². The first kappa shape index (κ1) is 21.3. The molecule has 4 aromatic rings. The number of thiazole rings is 1. The number of ether oxygens (including phenoxy) is 3. The van der Waals surface area contributed by atoms with Gasteiger partial charge in [-0.1, -0.05) is 6.07 Å². The second kappa shape index (κ2) is 8.75. The average Bonchev–Trinajstić information content (AvgIpc) is 3.50. The normalized spacial score (nSPS) is 15.3. The monoisotopic (exact) mass is 459 g/mol. The van der Waals surface area contributed by atoms with Gasteiger partial charge in [-0.25, -0.2) is 4.98 Å². The number of hydrazone groups is 1. The number of methoxy groups -OCH3 is 3. The zero-order valence-electron chi connectivity index (χ0n) is 19.0. The van der Waals surface area contributed by atoms with Crippen LogP contribution in [0.1, 0.15) is 23.6 Å². The standard InChI is InChI=1S/C26H25N3O3S/c1-16-5-10-20-24(13-16)33-26(28-20)17-6-8-19(9-7-17)29-21(11-12-27-29)18-14-22(30-2)25(32-4)23(15-18)31-3/h5-10,12-15,21H,11H2,1-4H3. The number of rotatable bonds is 6. The average molecular weight is 460 g/mol. The van der Waals surface area contributed by atoms with Crippen LogP contribution in [0.3, 0.4) is 0 Å². The highest BCUT2D eigenvalue weighted by Gasteiger charge is 2.27. The number of hydrogen-bond acceptors (Lipinski definition) is 7. The Bertz CT molecular complexity index is 1310. The molecule has 0 N–H and O–H groups in total. The topological polar surface area (TPSA) is 56.2 Å². The van der Waals surface area contributed by atoms with Gasteiger partial charge >= 0.3 is 0 Å². The van der Waals surface area contributed by atoms with Crippen molar-refractivity contribution < 1.29 is 14.2 Å². The Kier molecular flexibility index (Phi) is 5.64. The van der Waals surface area contributed by atoms with Gasteiger partial charge in [0.25, 0.3) is 0 Å². The lowest BCUT2D eigenvalue weighted by Crippen LogP contribution is -2.18. The van der Waals surface area contributed by atoms with E-state index in [1.165, 1.54) is 10.3 Å².